The van der Waals surface area contributed by atoms with E-state index < -0.39 is 12.0 Å². The Morgan fingerprint density at radius 1 is 1.46 bits per heavy atom. The molecule has 4 N–H and O–H groups in total. The topological polar surface area (TPSA) is 75.3 Å². The fraction of sp³-hybridized carbons (Fsp3) is 0.875. The average Bonchev–Trinajstić information content (AvgIpc) is 2.10. The molecule has 0 aromatic rings. The van der Waals surface area contributed by atoms with Gasteiger partial charge in [-0.2, -0.15) is 0 Å². The summed E-state index contributed by atoms with van der Waals surface area (Å²) in [6.45, 7) is 1.97. The van der Waals surface area contributed by atoms with Crippen molar-refractivity contribution >= 4 is 28.6 Å². The van der Waals surface area contributed by atoms with E-state index in [1.165, 1.54) is 0 Å². The average molecular weight is 300 g/mol. The first-order valence-corrected chi connectivity index (χ1v) is 5.96. The Morgan fingerprint density at radius 2 is 2.15 bits per heavy atom. The van der Waals surface area contributed by atoms with Crippen LogP contribution in [-0.4, -0.2) is 34.6 Å². The maximum Gasteiger partial charge on any atom is 0.320 e. The van der Waals surface area contributed by atoms with Crippen molar-refractivity contribution in [1.82, 2.24) is 5.32 Å². The van der Waals surface area contributed by atoms with Crippen LogP contribution >= 0.6 is 22.6 Å². The van der Waals surface area contributed by atoms with Crippen LogP contribution in [0, 0.1) is 0 Å². The van der Waals surface area contributed by atoms with Crippen LogP contribution in [0.25, 0.3) is 0 Å². The van der Waals surface area contributed by atoms with Gasteiger partial charge in [-0.1, -0.05) is 29.0 Å². The van der Waals surface area contributed by atoms with Crippen LogP contribution < -0.4 is 11.1 Å². The molecule has 4 nitrogen and oxygen atoms in total. The highest BCUT2D eigenvalue weighted by Gasteiger charge is 2.09. The van der Waals surface area contributed by atoms with Gasteiger partial charge in [-0.3, -0.25) is 4.79 Å². The van der Waals surface area contributed by atoms with Crippen LogP contribution in [0.2, 0.25) is 0 Å². The van der Waals surface area contributed by atoms with E-state index in [2.05, 4.69) is 27.9 Å². The van der Waals surface area contributed by atoms with Crippen molar-refractivity contribution in [3.05, 3.63) is 0 Å². The Hall–Kier alpha value is 0.120. The third-order valence-electron chi connectivity index (χ3n) is 1.71. The first-order chi connectivity index (χ1) is 6.18. The normalized spacial score (nSPS) is 12.8. The van der Waals surface area contributed by atoms with Crippen LogP contribution in [0.5, 0.6) is 0 Å². The zero-order valence-electron chi connectivity index (χ0n) is 7.63. The van der Waals surface area contributed by atoms with E-state index >= 15 is 0 Å². The zero-order valence-corrected chi connectivity index (χ0v) is 9.79. The summed E-state index contributed by atoms with van der Waals surface area (Å²) in [5, 5.41) is 11.7. The van der Waals surface area contributed by atoms with Gasteiger partial charge in [0.15, 0.2) is 0 Å². The van der Waals surface area contributed by atoms with Crippen molar-refractivity contribution in [3.8, 4) is 0 Å². The van der Waals surface area contributed by atoms with Gasteiger partial charge in [-0.05, 0) is 19.4 Å². The number of nitrogens with two attached hydrogens (primary N) is 1. The standard InChI is InChI=1S/C8H17IN2O2/c9-4-6-11-5-2-1-3-7(10)8(12)13/h7,11H,1-6,10H2,(H,12,13)/t7-/m0/s1. The maximum atomic E-state index is 10.3. The largest absolute Gasteiger partial charge is 0.480 e. The molecule has 5 heteroatoms. The highest BCUT2D eigenvalue weighted by Crippen LogP contribution is 1.98. The Labute approximate surface area is 92.4 Å². The van der Waals surface area contributed by atoms with Gasteiger partial charge in [0.1, 0.15) is 6.04 Å². The Morgan fingerprint density at radius 3 is 2.69 bits per heavy atom. The predicted molar refractivity (Wildman–Crippen MR) is 61.2 cm³/mol. The van der Waals surface area contributed by atoms with E-state index in [9.17, 15) is 4.79 Å². The molecule has 0 spiro atoms. The third-order valence-corrected chi connectivity index (χ3v) is 2.25. The fourth-order valence-electron chi connectivity index (χ4n) is 0.930. The third kappa shape index (κ3) is 8.45. The number of hydrogen-bond donors (Lipinski definition) is 3. The minimum atomic E-state index is -0.903. The molecule has 0 aliphatic rings. The quantitative estimate of drug-likeness (QED) is 0.348. The number of halogens is 1. The number of hydrogen-bond acceptors (Lipinski definition) is 3. The number of alkyl halides is 1. The summed E-state index contributed by atoms with van der Waals surface area (Å²) in [6.07, 6.45) is 2.45. The molecule has 0 unspecified atom stereocenters. The molecule has 13 heavy (non-hydrogen) atoms. The highest BCUT2D eigenvalue weighted by atomic mass is 127. The van der Waals surface area contributed by atoms with Crippen molar-refractivity contribution < 1.29 is 9.90 Å². The zero-order chi connectivity index (χ0) is 10.1. The van der Waals surface area contributed by atoms with E-state index in [4.69, 9.17) is 10.8 Å². The first-order valence-electron chi connectivity index (χ1n) is 4.43. The lowest BCUT2D eigenvalue weighted by Gasteiger charge is -2.05. The van der Waals surface area contributed by atoms with Gasteiger partial charge >= 0.3 is 5.97 Å². The summed E-state index contributed by atoms with van der Waals surface area (Å²) in [4.78, 5) is 10.3. The van der Waals surface area contributed by atoms with Crippen LogP contribution in [0.3, 0.4) is 0 Å². The van der Waals surface area contributed by atoms with E-state index in [-0.39, 0.29) is 0 Å². The molecule has 1 atom stereocenters. The van der Waals surface area contributed by atoms with Gasteiger partial charge in [0.25, 0.3) is 0 Å². The Kier molecular flexibility index (Phi) is 8.79. The lowest BCUT2D eigenvalue weighted by Crippen LogP contribution is -2.30. The molecule has 0 heterocycles. The Balaban J connectivity index is 3.11. The molecule has 0 saturated carbocycles. The SMILES string of the molecule is N[C@@H](CCCCNCCI)C(=O)O. The minimum Gasteiger partial charge on any atom is -0.480 e. The molecule has 0 aliphatic heterocycles. The van der Waals surface area contributed by atoms with Gasteiger partial charge in [0.05, 0.1) is 0 Å². The monoisotopic (exact) mass is 300 g/mol. The number of rotatable bonds is 8. The lowest BCUT2D eigenvalue weighted by molar-refractivity contribution is -0.138. The summed E-state index contributed by atoms with van der Waals surface area (Å²) < 4.78 is 1.10. The number of carboxylic acids is 1. The van der Waals surface area contributed by atoms with Crippen LogP contribution in [0.4, 0.5) is 0 Å². The molecular weight excluding hydrogens is 283 g/mol. The van der Waals surface area contributed by atoms with Gasteiger partial charge in [-0.15, -0.1) is 0 Å². The molecule has 0 amide bonds. The first kappa shape index (κ1) is 13.1. The molecule has 0 rings (SSSR count). The van der Waals surface area contributed by atoms with Gasteiger partial charge < -0.3 is 16.2 Å². The number of nitrogens with one attached hydrogen (secondary N) is 1. The van der Waals surface area contributed by atoms with Crippen molar-refractivity contribution in [1.29, 1.82) is 0 Å². The number of carboxylic acid groups (broad SMARTS) is 1. The minimum absolute atomic E-state index is 0.571. The van der Waals surface area contributed by atoms with E-state index in [1.807, 2.05) is 0 Å². The highest BCUT2D eigenvalue weighted by molar-refractivity contribution is 14.1. The lowest BCUT2D eigenvalue weighted by atomic mass is 10.1. The second-order valence-corrected chi connectivity index (χ2v) is 3.96. The maximum absolute atomic E-state index is 10.3. The van der Waals surface area contributed by atoms with E-state index in [0.29, 0.717) is 6.42 Å². The van der Waals surface area contributed by atoms with Crippen molar-refractivity contribution in [2.45, 2.75) is 25.3 Å². The van der Waals surface area contributed by atoms with Crippen molar-refractivity contribution in [2.75, 3.05) is 17.5 Å². The summed E-state index contributed by atoms with van der Waals surface area (Å²) in [7, 11) is 0. The molecule has 0 bridgehead atoms. The van der Waals surface area contributed by atoms with Crippen LogP contribution in [-0.2, 0) is 4.79 Å². The van der Waals surface area contributed by atoms with E-state index in [0.717, 1.165) is 30.4 Å². The molecule has 0 aromatic heterocycles. The molecule has 78 valence electrons. The summed E-state index contributed by atoms with van der Waals surface area (Å²) in [5.41, 5.74) is 5.34. The van der Waals surface area contributed by atoms with Crippen LogP contribution in [0.1, 0.15) is 19.3 Å². The Bertz CT molecular complexity index is 144. The van der Waals surface area contributed by atoms with Crippen LogP contribution in [0.15, 0.2) is 0 Å². The number of unbranched alkanes of at least 4 members (excludes halogenated alkanes) is 1. The summed E-state index contributed by atoms with van der Waals surface area (Å²) >= 11 is 2.31. The van der Waals surface area contributed by atoms with Gasteiger partial charge in [0.2, 0.25) is 0 Å². The number of carbonyl (C=O) groups is 1. The smallest absolute Gasteiger partial charge is 0.320 e. The van der Waals surface area contributed by atoms with Crippen molar-refractivity contribution in [2.24, 2.45) is 5.73 Å². The summed E-state index contributed by atoms with van der Waals surface area (Å²) in [5.74, 6) is -0.903. The van der Waals surface area contributed by atoms with Gasteiger partial charge in [0, 0.05) is 11.0 Å². The molecule has 0 fully saturated rings. The second-order valence-electron chi connectivity index (χ2n) is 2.88. The van der Waals surface area contributed by atoms with Crippen molar-refractivity contribution in [3.63, 3.8) is 0 Å². The molecule has 0 aromatic carbocycles. The second kappa shape index (κ2) is 8.71. The van der Waals surface area contributed by atoms with E-state index in [1.54, 1.807) is 0 Å². The number of aliphatic carboxylic acids is 1. The summed E-state index contributed by atoms with van der Waals surface area (Å²) in [6, 6.07) is -0.690. The molecule has 0 radical (unpaired) electrons. The molecule has 0 saturated heterocycles. The molecular formula is C8H17IN2O2. The fourth-order valence-corrected chi connectivity index (χ4v) is 1.31. The predicted octanol–water partition coefficient (Wildman–Crippen LogP) is 0.593. The van der Waals surface area contributed by atoms with Gasteiger partial charge in [-0.25, -0.2) is 0 Å². The molecule has 0 aliphatic carbocycles.